The molecular weight excluding hydrogens is 294 g/mol. The Hall–Kier alpha value is -1.72. The monoisotopic (exact) mass is 313 g/mol. The quantitative estimate of drug-likeness (QED) is 0.874. The Morgan fingerprint density at radius 1 is 1.23 bits per heavy atom. The van der Waals surface area contributed by atoms with Crippen LogP contribution in [0.4, 0.5) is 5.69 Å². The van der Waals surface area contributed by atoms with E-state index in [-0.39, 0.29) is 11.3 Å². The van der Waals surface area contributed by atoms with Gasteiger partial charge in [0, 0.05) is 49.2 Å². The van der Waals surface area contributed by atoms with E-state index in [4.69, 9.17) is 0 Å². The molecule has 2 aliphatic heterocycles. The lowest BCUT2D eigenvalue weighted by molar-refractivity contribution is -0.117. The molecule has 2 aliphatic rings. The van der Waals surface area contributed by atoms with Gasteiger partial charge in [-0.25, -0.2) is 0 Å². The Morgan fingerprint density at radius 2 is 2.09 bits per heavy atom. The second-order valence-corrected chi connectivity index (χ2v) is 7.23. The van der Waals surface area contributed by atoms with Crippen molar-refractivity contribution in [3.63, 3.8) is 0 Å². The summed E-state index contributed by atoms with van der Waals surface area (Å²) in [5.41, 5.74) is 2.51. The molecule has 1 spiro atoms. The molecule has 0 bridgehead atoms. The lowest BCUT2D eigenvalue weighted by Gasteiger charge is -2.24. The Labute approximate surface area is 134 Å². The van der Waals surface area contributed by atoms with E-state index >= 15 is 0 Å². The van der Waals surface area contributed by atoms with Crippen LogP contribution in [0.2, 0.25) is 0 Å². The summed E-state index contributed by atoms with van der Waals surface area (Å²) in [6.07, 6.45) is 5.50. The highest BCUT2D eigenvalue weighted by molar-refractivity contribution is 7.08. The molecule has 22 heavy (non-hydrogen) atoms. The summed E-state index contributed by atoms with van der Waals surface area (Å²) in [4.78, 5) is 20.9. The fourth-order valence-corrected chi connectivity index (χ4v) is 4.37. The standard InChI is InChI=1S/C17H19N3OS/c21-16-9-17(13-20(16)15-3-8-22-11-15)4-7-19(12-17)10-14-1-5-18-6-2-14/h1-3,5-6,8,11H,4,7,9-10,12-13H2. The van der Waals surface area contributed by atoms with Crippen LogP contribution in [-0.2, 0) is 11.3 Å². The van der Waals surface area contributed by atoms with Crippen LogP contribution >= 0.6 is 11.3 Å². The number of amides is 1. The Balaban J connectivity index is 1.45. The van der Waals surface area contributed by atoms with Crippen molar-refractivity contribution < 1.29 is 4.79 Å². The zero-order valence-electron chi connectivity index (χ0n) is 12.4. The van der Waals surface area contributed by atoms with Crippen LogP contribution in [0.1, 0.15) is 18.4 Å². The van der Waals surface area contributed by atoms with Gasteiger partial charge in [0.1, 0.15) is 0 Å². The fourth-order valence-electron chi connectivity index (χ4n) is 3.72. The molecule has 2 aromatic heterocycles. The molecule has 0 aliphatic carbocycles. The first-order chi connectivity index (χ1) is 10.7. The smallest absolute Gasteiger partial charge is 0.227 e. The van der Waals surface area contributed by atoms with Crippen LogP contribution in [0.3, 0.4) is 0 Å². The fraction of sp³-hybridized carbons (Fsp3) is 0.412. The molecule has 1 unspecified atom stereocenters. The molecule has 0 aromatic carbocycles. The van der Waals surface area contributed by atoms with Crippen LogP contribution in [-0.4, -0.2) is 35.4 Å². The van der Waals surface area contributed by atoms with Crippen molar-refractivity contribution in [1.29, 1.82) is 0 Å². The summed E-state index contributed by atoms with van der Waals surface area (Å²) >= 11 is 1.65. The minimum absolute atomic E-state index is 0.145. The normalized spacial score (nSPS) is 25.5. The molecule has 0 saturated carbocycles. The number of anilines is 1. The van der Waals surface area contributed by atoms with Gasteiger partial charge < -0.3 is 4.90 Å². The topological polar surface area (TPSA) is 36.4 Å². The molecule has 0 radical (unpaired) electrons. The Bertz CT molecular complexity index is 658. The number of nitrogens with zero attached hydrogens (tertiary/aromatic N) is 3. The van der Waals surface area contributed by atoms with E-state index in [0.717, 1.165) is 38.3 Å². The first-order valence-corrected chi connectivity index (χ1v) is 8.62. The van der Waals surface area contributed by atoms with Crippen LogP contribution < -0.4 is 4.90 Å². The second-order valence-electron chi connectivity index (χ2n) is 6.45. The molecule has 2 aromatic rings. The Kier molecular flexibility index (Phi) is 3.47. The van der Waals surface area contributed by atoms with Gasteiger partial charge in [-0.1, -0.05) is 0 Å². The third kappa shape index (κ3) is 2.55. The summed E-state index contributed by atoms with van der Waals surface area (Å²) in [6, 6.07) is 6.19. The first kappa shape index (κ1) is 13.9. The van der Waals surface area contributed by atoms with E-state index in [1.165, 1.54) is 5.56 Å². The number of pyridine rings is 1. The average molecular weight is 313 g/mol. The summed E-state index contributed by atoms with van der Waals surface area (Å²) in [7, 11) is 0. The molecule has 2 saturated heterocycles. The predicted molar refractivity (Wildman–Crippen MR) is 87.9 cm³/mol. The van der Waals surface area contributed by atoms with Gasteiger partial charge in [0.25, 0.3) is 0 Å². The highest BCUT2D eigenvalue weighted by Crippen LogP contribution is 2.42. The van der Waals surface area contributed by atoms with Gasteiger partial charge in [0.05, 0.1) is 5.69 Å². The van der Waals surface area contributed by atoms with E-state index < -0.39 is 0 Å². The largest absolute Gasteiger partial charge is 0.311 e. The van der Waals surface area contributed by atoms with Crippen molar-refractivity contribution in [3.8, 4) is 0 Å². The minimum atomic E-state index is 0.145. The molecule has 4 heterocycles. The molecular formula is C17H19N3OS. The second kappa shape index (κ2) is 5.48. The number of hydrogen-bond acceptors (Lipinski definition) is 4. The highest BCUT2D eigenvalue weighted by Gasteiger charge is 2.47. The van der Waals surface area contributed by atoms with Crippen molar-refractivity contribution in [2.45, 2.75) is 19.4 Å². The molecule has 1 amide bonds. The zero-order valence-corrected chi connectivity index (χ0v) is 13.3. The van der Waals surface area contributed by atoms with Gasteiger partial charge >= 0.3 is 0 Å². The molecule has 114 valence electrons. The zero-order chi connectivity index (χ0) is 15.0. The maximum absolute atomic E-state index is 12.4. The van der Waals surface area contributed by atoms with Crippen LogP contribution in [0, 0.1) is 5.41 Å². The Morgan fingerprint density at radius 3 is 2.86 bits per heavy atom. The molecule has 5 heteroatoms. The van der Waals surface area contributed by atoms with E-state index in [0.29, 0.717) is 6.42 Å². The molecule has 4 rings (SSSR count). The molecule has 4 nitrogen and oxygen atoms in total. The summed E-state index contributed by atoms with van der Waals surface area (Å²) < 4.78 is 0. The van der Waals surface area contributed by atoms with Crippen molar-refractivity contribution >= 4 is 22.9 Å². The predicted octanol–water partition coefficient (Wildman–Crippen LogP) is 2.77. The average Bonchev–Trinajstić information content (AvgIpc) is 3.22. The molecule has 2 fully saturated rings. The first-order valence-electron chi connectivity index (χ1n) is 7.68. The third-order valence-corrected chi connectivity index (χ3v) is 5.48. The van der Waals surface area contributed by atoms with Crippen molar-refractivity contribution in [1.82, 2.24) is 9.88 Å². The SMILES string of the molecule is O=C1CC2(CCN(Cc3ccncc3)C2)CN1c1ccsc1. The van der Waals surface area contributed by atoms with E-state index in [1.807, 2.05) is 28.7 Å². The number of likely N-dealkylation sites (tertiary alicyclic amines) is 1. The van der Waals surface area contributed by atoms with Gasteiger partial charge in [0.2, 0.25) is 5.91 Å². The van der Waals surface area contributed by atoms with Crippen LogP contribution in [0.15, 0.2) is 41.4 Å². The van der Waals surface area contributed by atoms with E-state index in [1.54, 1.807) is 11.3 Å². The van der Waals surface area contributed by atoms with Crippen LogP contribution in [0.5, 0.6) is 0 Å². The summed E-state index contributed by atoms with van der Waals surface area (Å²) in [5, 5.41) is 4.11. The summed E-state index contributed by atoms with van der Waals surface area (Å²) in [5.74, 6) is 0.282. The highest BCUT2D eigenvalue weighted by atomic mass is 32.1. The van der Waals surface area contributed by atoms with Gasteiger partial charge in [-0.3, -0.25) is 14.7 Å². The van der Waals surface area contributed by atoms with Gasteiger partial charge in [-0.15, -0.1) is 0 Å². The van der Waals surface area contributed by atoms with Gasteiger partial charge in [0.15, 0.2) is 0 Å². The lowest BCUT2D eigenvalue weighted by atomic mass is 9.86. The van der Waals surface area contributed by atoms with E-state index in [2.05, 4.69) is 27.4 Å². The van der Waals surface area contributed by atoms with Gasteiger partial charge in [-0.2, -0.15) is 11.3 Å². The maximum Gasteiger partial charge on any atom is 0.227 e. The number of carbonyl (C=O) groups excluding carboxylic acids is 1. The van der Waals surface area contributed by atoms with Crippen LogP contribution in [0.25, 0.3) is 0 Å². The van der Waals surface area contributed by atoms with Crippen molar-refractivity contribution in [3.05, 3.63) is 46.9 Å². The lowest BCUT2D eigenvalue weighted by Crippen LogP contribution is -2.31. The summed E-state index contributed by atoms with van der Waals surface area (Å²) in [6.45, 7) is 3.92. The number of aromatic nitrogens is 1. The maximum atomic E-state index is 12.4. The molecule has 0 N–H and O–H groups in total. The third-order valence-electron chi connectivity index (χ3n) is 4.81. The number of carbonyl (C=O) groups is 1. The van der Waals surface area contributed by atoms with Gasteiger partial charge in [-0.05, 0) is 42.1 Å². The van der Waals surface area contributed by atoms with Crippen molar-refractivity contribution in [2.75, 3.05) is 24.5 Å². The van der Waals surface area contributed by atoms with E-state index in [9.17, 15) is 4.79 Å². The number of thiophene rings is 1. The molecule has 1 atom stereocenters. The minimum Gasteiger partial charge on any atom is -0.311 e. The van der Waals surface area contributed by atoms with Crippen molar-refractivity contribution in [2.24, 2.45) is 5.41 Å². The number of hydrogen-bond donors (Lipinski definition) is 0. The number of rotatable bonds is 3.